The highest BCUT2D eigenvalue weighted by Crippen LogP contribution is 2.33. The number of oxazole rings is 1. The number of hydrogen-bond donors (Lipinski definition) is 2. The van der Waals surface area contributed by atoms with Gasteiger partial charge in [0.2, 0.25) is 5.89 Å². The summed E-state index contributed by atoms with van der Waals surface area (Å²) in [5, 5.41) is 18.3. The van der Waals surface area contributed by atoms with E-state index < -0.39 is 0 Å². The normalized spacial score (nSPS) is 16.2. The number of aliphatic hydroxyl groups is 1. The zero-order valence-corrected chi connectivity index (χ0v) is 17.2. The van der Waals surface area contributed by atoms with E-state index in [4.69, 9.17) is 4.42 Å². The first-order valence-electron chi connectivity index (χ1n) is 10.1. The Kier molecular flexibility index (Phi) is 4.67. The number of β-amino-alcohol motifs (C(OH)–C–C–N with tert-alkyl or cyclic N) is 1. The van der Waals surface area contributed by atoms with E-state index in [9.17, 15) is 9.90 Å². The molecule has 4 aromatic rings. The van der Waals surface area contributed by atoms with Gasteiger partial charge in [0.15, 0.2) is 5.69 Å². The van der Waals surface area contributed by atoms with Crippen molar-refractivity contribution >= 4 is 28.2 Å². The molecule has 5 rings (SSSR count). The maximum atomic E-state index is 13.0. The van der Waals surface area contributed by atoms with Gasteiger partial charge in [-0.05, 0) is 37.6 Å². The fraction of sp³-hybridized carbons (Fsp3) is 0.273. The topological polar surface area (TPSA) is 109 Å². The number of aryl methyl sites for hydroxylation is 2. The van der Waals surface area contributed by atoms with Crippen LogP contribution in [0.4, 0.5) is 11.4 Å². The molecule has 0 saturated carbocycles. The van der Waals surface area contributed by atoms with Crippen molar-refractivity contribution in [3.05, 3.63) is 54.3 Å². The van der Waals surface area contributed by atoms with Gasteiger partial charge in [-0.3, -0.25) is 14.5 Å². The summed E-state index contributed by atoms with van der Waals surface area (Å²) in [4.78, 5) is 23.5. The zero-order valence-electron chi connectivity index (χ0n) is 17.2. The predicted octanol–water partition coefficient (Wildman–Crippen LogP) is 2.76. The number of carbonyl (C=O) groups is 1. The molecule has 2 N–H and O–H groups in total. The van der Waals surface area contributed by atoms with E-state index in [2.05, 4.69) is 25.3 Å². The SMILES string of the molecule is Cc1cc(-c2nc(C(=O)Nc3cc4cn(C)nc4cc3N3CC[C@H](O)C3)co2)ccn1. The highest BCUT2D eigenvalue weighted by molar-refractivity contribution is 6.06. The van der Waals surface area contributed by atoms with E-state index in [1.807, 2.05) is 38.4 Å². The van der Waals surface area contributed by atoms with Crippen LogP contribution in [-0.2, 0) is 7.05 Å². The summed E-state index contributed by atoms with van der Waals surface area (Å²) in [6, 6.07) is 7.47. The Labute approximate surface area is 178 Å². The summed E-state index contributed by atoms with van der Waals surface area (Å²) in [6.07, 6.45) is 5.22. The third-order valence-electron chi connectivity index (χ3n) is 5.37. The van der Waals surface area contributed by atoms with Crippen molar-refractivity contribution in [3.8, 4) is 11.5 Å². The molecular weight excluding hydrogens is 396 g/mol. The van der Waals surface area contributed by atoms with Crippen molar-refractivity contribution in [2.75, 3.05) is 23.3 Å². The lowest BCUT2D eigenvalue weighted by Gasteiger charge is -2.21. The van der Waals surface area contributed by atoms with Crippen LogP contribution in [0.1, 0.15) is 22.6 Å². The third kappa shape index (κ3) is 3.75. The van der Waals surface area contributed by atoms with Crippen LogP contribution < -0.4 is 10.2 Å². The van der Waals surface area contributed by atoms with E-state index in [1.165, 1.54) is 6.26 Å². The van der Waals surface area contributed by atoms with Crippen molar-refractivity contribution in [2.45, 2.75) is 19.4 Å². The minimum atomic E-state index is -0.384. The molecule has 1 aliphatic rings. The number of carbonyl (C=O) groups excluding carboxylic acids is 1. The molecule has 9 nitrogen and oxygen atoms in total. The van der Waals surface area contributed by atoms with Gasteiger partial charge in [-0.15, -0.1) is 0 Å². The molecule has 0 aliphatic carbocycles. The number of anilines is 2. The van der Waals surface area contributed by atoms with Crippen LogP contribution in [0.2, 0.25) is 0 Å². The van der Waals surface area contributed by atoms with Crippen LogP contribution in [0.25, 0.3) is 22.4 Å². The number of fused-ring (bicyclic) bond motifs is 1. The standard InChI is InChI=1S/C22H22N6O3/c1-13-7-14(3-5-23-13)22-25-19(12-31-22)21(30)24-18-8-15-10-27(2)26-17(15)9-20(18)28-6-4-16(29)11-28/h3,5,7-10,12,16,29H,4,6,11H2,1-2H3,(H,24,30)/t16-/m0/s1. The molecule has 31 heavy (non-hydrogen) atoms. The van der Waals surface area contributed by atoms with Gasteiger partial charge < -0.3 is 19.7 Å². The number of aliphatic hydroxyl groups excluding tert-OH is 1. The number of hydrogen-bond acceptors (Lipinski definition) is 7. The number of nitrogens with zero attached hydrogens (tertiary/aromatic N) is 5. The zero-order chi connectivity index (χ0) is 21.5. The molecule has 0 bridgehead atoms. The summed E-state index contributed by atoms with van der Waals surface area (Å²) in [5.41, 5.74) is 4.07. The van der Waals surface area contributed by atoms with Gasteiger partial charge >= 0.3 is 0 Å². The number of benzene rings is 1. The van der Waals surface area contributed by atoms with E-state index >= 15 is 0 Å². The summed E-state index contributed by atoms with van der Waals surface area (Å²) >= 11 is 0. The lowest BCUT2D eigenvalue weighted by molar-refractivity contribution is 0.102. The number of nitrogens with one attached hydrogen (secondary N) is 1. The molecule has 4 heterocycles. The smallest absolute Gasteiger partial charge is 0.277 e. The molecule has 158 valence electrons. The number of aromatic nitrogens is 4. The lowest BCUT2D eigenvalue weighted by Crippen LogP contribution is -2.23. The first kappa shape index (κ1) is 19.3. The fourth-order valence-electron chi connectivity index (χ4n) is 3.88. The van der Waals surface area contributed by atoms with Crippen LogP contribution in [0.15, 0.2) is 47.3 Å². The molecule has 0 radical (unpaired) electrons. The maximum Gasteiger partial charge on any atom is 0.277 e. The quantitative estimate of drug-likeness (QED) is 0.524. The molecule has 9 heteroatoms. The molecule has 1 fully saturated rings. The van der Waals surface area contributed by atoms with Crippen LogP contribution in [-0.4, -0.2) is 50.0 Å². The van der Waals surface area contributed by atoms with Gasteiger partial charge in [0.05, 0.1) is 23.0 Å². The Hall–Kier alpha value is -3.72. The van der Waals surface area contributed by atoms with Crippen molar-refractivity contribution in [1.82, 2.24) is 19.7 Å². The van der Waals surface area contributed by atoms with E-state index in [0.717, 1.165) is 27.8 Å². The highest BCUT2D eigenvalue weighted by atomic mass is 16.3. The fourth-order valence-corrected chi connectivity index (χ4v) is 3.88. The Balaban J connectivity index is 1.46. The third-order valence-corrected chi connectivity index (χ3v) is 5.37. The van der Waals surface area contributed by atoms with Crippen LogP contribution in [0, 0.1) is 6.92 Å². The van der Waals surface area contributed by atoms with Gasteiger partial charge in [0, 0.05) is 49.2 Å². The lowest BCUT2D eigenvalue weighted by atomic mass is 10.2. The van der Waals surface area contributed by atoms with Crippen LogP contribution in [0.5, 0.6) is 0 Å². The Morgan fingerprint density at radius 2 is 2.19 bits per heavy atom. The second kappa shape index (κ2) is 7.51. The van der Waals surface area contributed by atoms with Gasteiger partial charge in [-0.25, -0.2) is 4.98 Å². The largest absolute Gasteiger partial charge is 0.444 e. The molecule has 1 aliphatic heterocycles. The average molecular weight is 418 g/mol. The van der Waals surface area contributed by atoms with E-state index in [-0.39, 0.29) is 17.7 Å². The van der Waals surface area contributed by atoms with Crippen molar-refractivity contribution in [3.63, 3.8) is 0 Å². The van der Waals surface area contributed by atoms with Gasteiger partial charge in [0.1, 0.15) is 6.26 Å². The highest BCUT2D eigenvalue weighted by Gasteiger charge is 2.25. The van der Waals surface area contributed by atoms with Crippen LogP contribution >= 0.6 is 0 Å². The second-order valence-electron chi connectivity index (χ2n) is 7.80. The number of amides is 1. The summed E-state index contributed by atoms with van der Waals surface area (Å²) in [6.45, 7) is 3.10. The molecule has 1 atom stereocenters. The van der Waals surface area contributed by atoms with Gasteiger partial charge in [-0.1, -0.05) is 0 Å². The molecular formula is C22H22N6O3. The summed E-state index contributed by atoms with van der Waals surface area (Å²) in [7, 11) is 1.86. The number of rotatable bonds is 4. The molecule has 1 amide bonds. The Bertz CT molecular complexity index is 1280. The van der Waals surface area contributed by atoms with E-state index in [0.29, 0.717) is 31.1 Å². The van der Waals surface area contributed by atoms with Crippen molar-refractivity contribution < 1.29 is 14.3 Å². The van der Waals surface area contributed by atoms with E-state index in [1.54, 1.807) is 16.9 Å². The Morgan fingerprint density at radius 1 is 1.32 bits per heavy atom. The van der Waals surface area contributed by atoms with Crippen molar-refractivity contribution in [1.29, 1.82) is 0 Å². The monoisotopic (exact) mass is 418 g/mol. The molecule has 0 unspecified atom stereocenters. The predicted molar refractivity (Wildman–Crippen MR) is 116 cm³/mol. The summed E-state index contributed by atoms with van der Waals surface area (Å²) in [5.74, 6) is -0.00809. The Morgan fingerprint density at radius 3 is 2.97 bits per heavy atom. The molecule has 0 spiro atoms. The van der Waals surface area contributed by atoms with Gasteiger partial charge in [0.25, 0.3) is 5.91 Å². The summed E-state index contributed by atoms with van der Waals surface area (Å²) < 4.78 is 7.26. The van der Waals surface area contributed by atoms with Crippen LogP contribution in [0.3, 0.4) is 0 Å². The number of pyridine rings is 1. The van der Waals surface area contributed by atoms with Crippen molar-refractivity contribution in [2.24, 2.45) is 7.05 Å². The van der Waals surface area contributed by atoms with Gasteiger partial charge in [-0.2, -0.15) is 5.10 Å². The molecule has 1 saturated heterocycles. The molecule has 3 aromatic heterocycles. The average Bonchev–Trinajstić information content (AvgIpc) is 3.46. The first-order chi connectivity index (χ1) is 15.0. The second-order valence-corrected chi connectivity index (χ2v) is 7.80. The minimum absolute atomic E-state index is 0.183. The first-order valence-corrected chi connectivity index (χ1v) is 10.1. The minimum Gasteiger partial charge on any atom is -0.444 e. The maximum absolute atomic E-state index is 13.0. The molecule has 1 aromatic carbocycles.